The van der Waals surface area contributed by atoms with Gasteiger partial charge in [-0.3, -0.25) is 4.98 Å². The van der Waals surface area contributed by atoms with Gasteiger partial charge in [0.2, 0.25) is 0 Å². The zero-order valence-electron chi connectivity index (χ0n) is 7.46. The third-order valence-electron chi connectivity index (χ3n) is 1.95. The smallest absolute Gasteiger partial charge is 0.0705 e. The molecule has 1 aromatic carbocycles. The van der Waals surface area contributed by atoms with E-state index in [4.69, 9.17) is 5.53 Å². The Morgan fingerprint density at radius 1 is 1.21 bits per heavy atom. The van der Waals surface area contributed by atoms with Crippen LogP contribution in [0.25, 0.3) is 21.3 Å². The van der Waals surface area contributed by atoms with Crippen molar-refractivity contribution in [1.82, 2.24) is 4.98 Å². The molecule has 0 bridgehead atoms. The molecule has 4 heteroatoms. The molecule has 0 aliphatic heterocycles. The van der Waals surface area contributed by atoms with Crippen molar-refractivity contribution in [3.63, 3.8) is 0 Å². The van der Waals surface area contributed by atoms with Crippen LogP contribution in [0, 0.1) is 0 Å². The summed E-state index contributed by atoms with van der Waals surface area (Å²) in [5.74, 6) is 0. The molecule has 0 unspecified atom stereocenters. The number of fused-ring (bicyclic) bond motifs is 1. The maximum Gasteiger partial charge on any atom is 0.0705 e. The summed E-state index contributed by atoms with van der Waals surface area (Å²) in [7, 11) is 0. The predicted octanol–water partition coefficient (Wildman–Crippen LogP) is 3.05. The molecule has 0 radical (unpaired) electrons. The van der Waals surface area contributed by atoms with E-state index in [0.29, 0.717) is 6.54 Å². The number of para-hydroxylation sites is 1. The Bertz CT molecular complexity index is 500. The lowest BCUT2D eigenvalue weighted by atomic mass is 10.2. The van der Waals surface area contributed by atoms with Gasteiger partial charge in [-0.2, -0.15) is 0 Å². The molecule has 2 aromatic rings. The van der Waals surface area contributed by atoms with E-state index in [2.05, 4.69) is 15.0 Å². The van der Waals surface area contributed by atoms with Crippen LogP contribution in [0.3, 0.4) is 0 Å². The van der Waals surface area contributed by atoms with Gasteiger partial charge in [-0.25, -0.2) is 0 Å². The lowest BCUT2D eigenvalue weighted by molar-refractivity contribution is 0.990. The Morgan fingerprint density at radius 2 is 2.07 bits per heavy atom. The van der Waals surface area contributed by atoms with Crippen LogP contribution in [-0.4, -0.2) is 4.98 Å². The van der Waals surface area contributed by atoms with Crippen LogP contribution in [-0.2, 0) is 6.54 Å². The topological polar surface area (TPSA) is 61.7 Å². The van der Waals surface area contributed by atoms with Crippen molar-refractivity contribution in [3.8, 4) is 0 Å². The Morgan fingerprint density at radius 3 is 2.93 bits per heavy atom. The van der Waals surface area contributed by atoms with Crippen molar-refractivity contribution in [2.24, 2.45) is 5.11 Å². The summed E-state index contributed by atoms with van der Waals surface area (Å²) in [6.07, 6.45) is 0. The van der Waals surface area contributed by atoms with Crippen LogP contribution < -0.4 is 0 Å². The fourth-order valence-electron chi connectivity index (χ4n) is 1.30. The quantitative estimate of drug-likeness (QED) is 0.402. The Hall–Kier alpha value is -2.06. The van der Waals surface area contributed by atoms with E-state index in [9.17, 15) is 0 Å². The summed E-state index contributed by atoms with van der Waals surface area (Å²) in [6.45, 7) is 0.307. The largest absolute Gasteiger partial charge is 0.253 e. The molecule has 0 N–H and O–H groups in total. The molecule has 0 saturated carbocycles. The van der Waals surface area contributed by atoms with E-state index in [1.54, 1.807) is 0 Å². The predicted molar refractivity (Wildman–Crippen MR) is 54.6 cm³/mol. The minimum Gasteiger partial charge on any atom is -0.253 e. The number of benzene rings is 1. The second-order valence-electron chi connectivity index (χ2n) is 2.88. The monoisotopic (exact) mass is 184 g/mol. The maximum absolute atomic E-state index is 8.17. The first-order valence-corrected chi connectivity index (χ1v) is 4.26. The summed E-state index contributed by atoms with van der Waals surface area (Å²) in [4.78, 5) is 7.04. The van der Waals surface area contributed by atoms with Gasteiger partial charge >= 0.3 is 0 Å². The molecule has 1 aromatic heterocycles. The summed E-state index contributed by atoms with van der Waals surface area (Å²) in [5.41, 5.74) is 9.89. The zero-order valence-corrected chi connectivity index (χ0v) is 7.46. The minimum absolute atomic E-state index is 0.307. The van der Waals surface area contributed by atoms with Gasteiger partial charge in [-0.15, -0.1) is 0 Å². The molecule has 0 amide bonds. The standard InChI is InChI=1S/C10H8N4/c11-14-12-7-9-6-5-8-3-1-2-4-10(8)13-9/h1-6H,7H2. The lowest BCUT2D eigenvalue weighted by Gasteiger charge is -1.98. The van der Waals surface area contributed by atoms with E-state index in [-0.39, 0.29) is 0 Å². The molecular weight excluding hydrogens is 176 g/mol. The molecule has 2 rings (SSSR count). The average Bonchev–Trinajstić information content (AvgIpc) is 2.26. The van der Waals surface area contributed by atoms with Crippen LogP contribution in [0.4, 0.5) is 0 Å². The van der Waals surface area contributed by atoms with Crippen molar-refractivity contribution in [3.05, 3.63) is 52.5 Å². The SMILES string of the molecule is [N-]=[N+]=NCc1ccc2ccccc2n1. The molecular formula is C10H8N4. The lowest BCUT2D eigenvalue weighted by Crippen LogP contribution is -1.87. The van der Waals surface area contributed by atoms with Gasteiger partial charge in [-0.1, -0.05) is 29.4 Å². The summed E-state index contributed by atoms with van der Waals surface area (Å²) in [5, 5.41) is 4.56. The average molecular weight is 184 g/mol. The molecule has 4 nitrogen and oxygen atoms in total. The number of hydrogen-bond acceptors (Lipinski definition) is 2. The molecule has 0 aliphatic rings. The van der Waals surface area contributed by atoms with Crippen molar-refractivity contribution in [2.75, 3.05) is 0 Å². The number of azide groups is 1. The fraction of sp³-hybridized carbons (Fsp3) is 0.100. The molecule has 0 atom stereocenters. The van der Waals surface area contributed by atoms with Crippen molar-refractivity contribution in [1.29, 1.82) is 0 Å². The highest BCUT2D eigenvalue weighted by molar-refractivity contribution is 5.78. The zero-order chi connectivity index (χ0) is 9.80. The fourth-order valence-corrected chi connectivity index (χ4v) is 1.30. The molecule has 0 saturated heterocycles. The van der Waals surface area contributed by atoms with E-state index in [0.717, 1.165) is 16.6 Å². The first-order chi connectivity index (χ1) is 6.90. The molecule has 0 fully saturated rings. The second kappa shape index (κ2) is 3.77. The molecule has 1 heterocycles. The van der Waals surface area contributed by atoms with Crippen LogP contribution >= 0.6 is 0 Å². The van der Waals surface area contributed by atoms with Crippen molar-refractivity contribution >= 4 is 10.9 Å². The van der Waals surface area contributed by atoms with Crippen LogP contribution in [0.2, 0.25) is 0 Å². The van der Waals surface area contributed by atoms with Crippen molar-refractivity contribution < 1.29 is 0 Å². The van der Waals surface area contributed by atoms with Gasteiger partial charge in [0.1, 0.15) is 0 Å². The molecule has 14 heavy (non-hydrogen) atoms. The van der Waals surface area contributed by atoms with Gasteiger partial charge in [0.05, 0.1) is 12.1 Å². The number of rotatable bonds is 2. The van der Waals surface area contributed by atoms with Crippen LogP contribution in [0.15, 0.2) is 41.5 Å². The minimum atomic E-state index is 0.307. The van der Waals surface area contributed by atoms with Gasteiger partial charge in [-0.05, 0) is 17.7 Å². The Labute approximate surface area is 80.8 Å². The van der Waals surface area contributed by atoms with Gasteiger partial charge in [0.15, 0.2) is 0 Å². The molecule has 0 spiro atoms. The summed E-state index contributed by atoms with van der Waals surface area (Å²) < 4.78 is 0. The third kappa shape index (κ3) is 1.65. The summed E-state index contributed by atoms with van der Waals surface area (Å²) >= 11 is 0. The number of hydrogen-bond donors (Lipinski definition) is 0. The highest BCUT2D eigenvalue weighted by Crippen LogP contribution is 2.11. The van der Waals surface area contributed by atoms with E-state index in [1.807, 2.05) is 36.4 Å². The highest BCUT2D eigenvalue weighted by atomic mass is 15.1. The van der Waals surface area contributed by atoms with Gasteiger partial charge in [0.25, 0.3) is 0 Å². The van der Waals surface area contributed by atoms with E-state index >= 15 is 0 Å². The second-order valence-corrected chi connectivity index (χ2v) is 2.88. The highest BCUT2D eigenvalue weighted by Gasteiger charge is 1.95. The first-order valence-electron chi connectivity index (χ1n) is 4.26. The Kier molecular flexibility index (Phi) is 2.30. The Balaban J connectivity index is 2.45. The third-order valence-corrected chi connectivity index (χ3v) is 1.95. The van der Waals surface area contributed by atoms with Gasteiger partial charge < -0.3 is 0 Å². The number of nitrogens with zero attached hydrogens (tertiary/aromatic N) is 4. The summed E-state index contributed by atoms with van der Waals surface area (Å²) in [6, 6.07) is 11.7. The van der Waals surface area contributed by atoms with Gasteiger partial charge in [0, 0.05) is 16.0 Å². The van der Waals surface area contributed by atoms with E-state index < -0.39 is 0 Å². The van der Waals surface area contributed by atoms with Crippen LogP contribution in [0.5, 0.6) is 0 Å². The first kappa shape index (κ1) is 8.53. The number of pyridine rings is 1. The van der Waals surface area contributed by atoms with E-state index in [1.165, 1.54) is 0 Å². The van der Waals surface area contributed by atoms with Crippen LogP contribution in [0.1, 0.15) is 5.69 Å². The maximum atomic E-state index is 8.17. The number of aromatic nitrogens is 1. The van der Waals surface area contributed by atoms with Crippen molar-refractivity contribution in [2.45, 2.75) is 6.54 Å². The normalized spacial score (nSPS) is 9.71. The molecule has 0 aliphatic carbocycles. The molecule has 68 valence electrons.